The third-order valence-electron chi connectivity index (χ3n) is 2.38. The van der Waals surface area contributed by atoms with Gasteiger partial charge in [-0.25, -0.2) is 0 Å². The molecule has 3 N–H and O–H groups in total. The van der Waals surface area contributed by atoms with Gasteiger partial charge in [-0.3, -0.25) is 9.63 Å². The standard InChI is InChI=1S/C12H18N2O4/c1-8(14-18-7-12(13)15)10-5-4-9(16-2)6-11(10)17-3/h4-6,8,14H,7H2,1-3H3,(H2,13,15). The lowest BCUT2D eigenvalue weighted by Gasteiger charge is -2.17. The van der Waals surface area contributed by atoms with Crippen LogP contribution in [0.3, 0.4) is 0 Å². The van der Waals surface area contributed by atoms with Crippen LogP contribution in [0.4, 0.5) is 0 Å². The van der Waals surface area contributed by atoms with Crippen molar-refractivity contribution in [2.75, 3.05) is 20.8 Å². The summed E-state index contributed by atoms with van der Waals surface area (Å²) in [6.45, 7) is 1.70. The summed E-state index contributed by atoms with van der Waals surface area (Å²) in [5, 5.41) is 0. The smallest absolute Gasteiger partial charge is 0.245 e. The van der Waals surface area contributed by atoms with Gasteiger partial charge in [0.2, 0.25) is 5.91 Å². The molecule has 0 saturated heterocycles. The molecule has 1 atom stereocenters. The highest BCUT2D eigenvalue weighted by Gasteiger charge is 2.12. The van der Waals surface area contributed by atoms with Gasteiger partial charge in [-0.2, -0.15) is 5.48 Å². The van der Waals surface area contributed by atoms with E-state index in [-0.39, 0.29) is 12.6 Å². The highest BCUT2D eigenvalue weighted by molar-refractivity contribution is 5.74. The monoisotopic (exact) mass is 254 g/mol. The van der Waals surface area contributed by atoms with Crippen molar-refractivity contribution in [3.05, 3.63) is 23.8 Å². The number of carbonyl (C=O) groups is 1. The Balaban J connectivity index is 2.72. The minimum atomic E-state index is -0.531. The molecule has 0 spiro atoms. The Kier molecular flexibility index (Phi) is 5.41. The van der Waals surface area contributed by atoms with Crippen LogP contribution in [0.15, 0.2) is 18.2 Å². The second-order valence-corrected chi connectivity index (χ2v) is 3.70. The summed E-state index contributed by atoms with van der Waals surface area (Å²) in [5.41, 5.74) is 8.58. The molecular formula is C12H18N2O4. The molecule has 0 bridgehead atoms. The molecule has 0 aliphatic rings. The Morgan fingerprint density at radius 3 is 2.67 bits per heavy atom. The van der Waals surface area contributed by atoms with Crippen molar-refractivity contribution in [3.63, 3.8) is 0 Å². The summed E-state index contributed by atoms with van der Waals surface area (Å²) in [6, 6.07) is 5.32. The van der Waals surface area contributed by atoms with Gasteiger partial charge in [-0.05, 0) is 19.1 Å². The minimum Gasteiger partial charge on any atom is -0.497 e. The van der Waals surface area contributed by atoms with Crippen molar-refractivity contribution in [2.24, 2.45) is 5.73 Å². The number of nitrogens with two attached hydrogens (primary N) is 1. The maximum absolute atomic E-state index is 10.5. The van der Waals surface area contributed by atoms with Crippen LogP contribution in [0.1, 0.15) is 18.5 Å². The van der Waals surface area contributed by atoms with E-state index in [1.807, 2.05) is 19.1 Å². The van der Waals surface area contributed by atoms with Crippen LogP contribution in [0.25, 0.3) is 0 Å². The van der Waals surface area contributed by atoms with Crippen molar-refractivity contribution >= 4 is 5.91 Å². The number of hydroxylamine groups is 1. The van der Waals surface area contributed by atoms with Crippen molar-refractivity contribution in [2.45, 2.75) is 13.0 Å². The van der Waals surface area contributed by atoms with Gasteiger partial charge in [0.1, 0.15) is 18.1 Å². The second-order valence-electron chi connectivity index (χ2n) is 3.70. The molecule has 100 valence electrons. The first-order valence-corrected chi connectivity index (χ1v) is 5.46. The molecule has 0 saturated carbocycles. The highest BCUT2D eigenvalue weighted by atomic mass is 16.6. The number of nitrogens with one attached hydrogen (secondary N) is 1. The maximum atomic E-state index is 10.5. The number of carbonyl (C=O) groups excluding carboxylic acids is 1. The fraction of sp³-hybridized carbons (Fsp3) is 0.417. The molecule has 6 nitrogen and oxygen atoms in total. The number of hydrogen-bond donors (Lipinski definition) is 2. The molecule has 0 aromatic heterocycles. The molecule has 0 fully saturated rings. The molecule has 0 aliphatic heterocycles. The Hall–Kier alpha value is -1.79. The lowest BCUT2D eigenvalue weighted by Crippen LogP contribution is -2.26. The number of methoxy groups -OCH3 is 2. The quantitative estimate of drug-likeness (QED) is 0.702. The zero-order chi connectivity index (χ0) is 13.5. The Morgan fingerprint density at radius 1 is 1.39 bits per heavy atom. The first kappa shape index (κ1) is 14.3. The first-order chi connectivity index (χ1) is 8.58. The molecule has 1 amide bonds. The zero-order valence-corrected chi connectivity index (χ0v) is 10.7. The summed E-state index contributed by atoms with van der Waals surface area (Å²) in [7, 11) is 3.17. The third-order valence-corrected chi connectivity index (χ3v) is 2.38. The molecule has 1 rings (SSSR count). The number of benzene rings is 1. The third kappa shape index (κ3) is 3.90. The summed E-state index contributed by atoms with van der Waals surface area (Å²) in [4.78, 5) is 15.5. The number of hydrogen-bond acceptors (Lipinski definition) is 5. The predicted octanol–water partition coefficient (Wildman–Crippen LogP) is 0.771. The second kappa shape index (κ2) is 6.83. The van der Waals surface area contributed by atoms with E-state index in [2.05, 4.69) is 5.48 Å². The summed E-state index contributed by atoms with van der Waals surface area (Å²) >= 11 is 0. The fourth-order valence-corrected chi connectivity index (χ4v) is 1.48. The normalized spacial score (nSPS) is 11.9. The van der Waals surface area contributed by atoms with Gasteiger partial charge in [0.15, 0.2) is 0 Å². The van der Waals surface area contributed by atoms with E-state index in [1.165, 1.54) is 0 Å². The predicted molar refractivity (Wildman–Crippen MR) is 66.2 cm³/mol. The Morgan fingerprint density at radius 2 is 2.11 bits per heavy atom. The molecule has 1 aromatic rings. The van der Waals surface area contributed by atoms with Gasteiger partial charge in [-0.1, -0.05) is 0 Å². The minimum absolute atomic E-state index is 0.148. The average Bonchev–Trinajstić information content (AvgIpc) is 2.37. The maximum Gasteiger partial charge on any atom is 0.245 e. The van der Waals surface area contributed by atoms with E-state index < -0.39 is 5.91 Å². The number of primary amides is 1. The lowest BCUT2D eigenvalue weighted by atomic mass is 10.1. The molecule has 0 heterocycles. The van der Waals surface area contributed by atoms with E-state index in [0.717, 1.165) is 5.56 Å². The van der Waals surface area contributed by atoms with Crippen LogP contribution in [-0.4, -0.2) is 26.7 Å². The number of ether oxygens (including phenoxy) is 2. The Labute approximate surface area is 106 Å². The Bertz CT molecular complexity index is 409. The first-order valence-electron chi connectivity index (χ1n) is 5.46. The van der Waals surface area contributed by atoms with E-state index in [1.54, 1.807) is 20.3 Å². The lowest BCUT2D eigenvalue weighted by molar-refractivity contribution is -0.126. The van der Waals surface area contributed by atoms with Gasteiger partial charge in [-0.15, -0.1) is 0 Å². The summed E-state index contributed by atoms with van der Waals surface area (Å²) < 4.78 is 10.4. The van der Waals surface area contributed by atoms with Gasteiger partial charge < -0.3 is 15.2 Å². The number of rotatable bonds is 7. The summed E-state index contributed by atoms with van der Waals surface area (Å²) in [5.74, 6) is 0.856. The average molecular weight is 254 g/mol. The van der Waals surface area contributed by atoms with E-state index in [4.69, 9.17) is 20.0 Å². The zero-order valence-electron chi connectivity index (χ0n) is 10.7. The molecule has 1 aromatic carbocycles. The van der Waals surface area contributed by atoms with E-state index in [9.17, 15) is 4.79 Å². The molecule has 18 heavy (non-hydrogen) atoms. The van der Waals surface area contributed by atoms with Crippen molar-refractivity contribution in [1.29, 1.82) is 0 Å². The largest absolute Gasteiger partial charge is 0.497 e. The SMILES string of the molecule is COc1ccc(C(C)NOCC(N)=O)c(OC)c1. The molecular weight excluding hydrogens is 236 g/mol. The molecule has 6 heteroatoms. The van der Waals surface area contributed by atoms with Crippen LogP contribution in [0.5, 0.6) is 11.5 Å². The van der Waals surface area contributed by atoms with Crippen molar-refractivity contribution in [1.82, 2.24) is 5.48 Å². The van der Waals surface area contributed by atoms with Crippen LogP contribution in [0.2, 0.25) is 0 Å². The topological polar surface area (TPSA) is 82.8 Å². The van der Waals surface area contributed by atoms with Crippen LogP contribution < -0.4 is 20.7 Å². The van der Waals surface area contributed by atoms with Crippen molar-refractivity contribution < 1.29 is 19.1 Å². The summed E-state index contributed by atoms with van der Waals surface area (Å²) in [6.07, 6.45) is 0. The van der Waals surface area contributed by atoms with Gasteiger partial charge in [0.05, 0.1) is 20.3 Å². The van der Waals surface area contributed by atoms with Crippen molar-refractivity contribution in [3.8, 4) is 11.5 Å². The highest BCUT2D eigenvalue weighted by Crippen LogP contribution is 2.29. The fourth-order valence-electron chi connectivity index (χ4n) is 1.48. The molecule has 0 aliphatic carbocycles. The molecule has 1 unspecified atom stereocenters. The van der Waals surface area contributed by atoms with Gasteiger partial charge >= 0.3 is 0 Å². The number of amides is 1. The van der Waals surface area contributed by atoms with Crippen LogP contribution >= 0.6 is 0 Å². The van der Waals surface area contributed by atoms with Crippen LogP contribution in [0, 0.1) is 0 Å². The van der Waals surface area contributed by atoms with E-state index >= 15 is 0 Å². The molecule has 0 radical (unpaired) electrons. The van der Waals surface area contributed by atoms with Gasteiger partial charge in [0.25, 0.3) is 0 Å². The van der Waals surface area contributed by atoms with E-state index in [0.29, 0.717) is 11.5 Å². The van der Waals surface area contributed by atoms with Crippen LogP contribution in [-0.2, 0) is 9.63 Å². The van der Waals surface area contributed by atoms with Gasteiger partial charge in [0, 0.05) is 11.6 Å².